The van der Waals surface area contributed by atoms with E-state index in [1.165, 1.54) is 17.3 Å². The lowest BCUT2D eigenvalue weighted by atomic mass is 9.99. The van der Waals surface area contributed by atoms with Gasteiger partial charge >= 0.3 is 0 Å². The normalized spacial score (nSPS) is 14.9. The molecule has 1 aromatic carbocycles. The Bertz CT molecular complexity index is 1030. The average Bonchev–Trinajstić information content (AvgIpc) is 3.22. The van der Waals surface area contributed by atoms with E-state index in [2.05, 4.69) is 58.7 Å². The average molecular weight is 436 g/mol. The molecule has 0 unspecified atom stereocenters. The summed E-state index contributed by atoms with van der Waals surface area (Å²) in [5.74, 6) is 2.32. The van der Waals surface area contributed by atoms with Crippen LogP contribution in [-0.2, 0) is 4.79 Å². The zero-order chi connectivity index (χ0) is 21.8. The topological polar surface area (TPSA) is 63.9 Å². The molecule has 7 heteroatoms. The molecule has 1 saturated heterocycles. The van der Waals surface area contributed by atoms with Crippen LogP contribution in [0.1, 0.15) is 45.1 Å². The Kier molecular flexibility index (Phi) is 6.70. The number of hydrogen-bond donors (Lipinski definition) is 0. The van der Waals surface area contributed by atoms with Crippen LogP contribution in [0.3, 0.4) is 0 Å². The van der Waals surface area contributed by atoms with Gasteiger partial charge in [-0.3, -0.25) is 14.3 Å². The van der Waals surface area contributed by atoms with Gasteiger partial charge in [0.05, 0.1) is 11.4 Å². The largest absolute Gasteiger partial charge is 0.342 e. The molecule has 3 heterocycles. The van der Waals surface area contributed by atoms with Crippen molar-refractivity contribution in [3.05, 3.63) is 54.4 Å². The Labute approximate surface area is 188 Å². The highest BCUT2D eigenvalue weighted by molar-refractivity contribution is 7.99. The van der Waals surface area contributed by atoms with E-state index in [1.807, 2.05) is 23.1 Å². The number of rotatable bonds is 6. The monoisotopic (exact) mass is 435 g/mol. The van der Waals surface area contributed by atoms with Gasteiger partial charge in [0.1, 0.15) is 0 Å². The molecule has 162 valence electrons. The number of aromatic nitrogens is 4. The van der Waals surface area contributed by atoms with Gasteiger partial charge in [-0.1, -0.05) is 50.7 Å². The zero-order valence-corrected chi connectivity index (χ0v) is 19.2. The standard InChI is InChI=1S/C24H29N5OS/c1-17(2)20-8-4-5-9-21(20)29-23(19-7-6-12-25-15-19)26-27-24(29)31-16-22(30)28-13-10-18(3)11-14-28/h4-9,12,15,17-18H,10-11,13-14,16H2,1-3H3. The quantitative estimate of drug-likeness (QED) is 0.520. The second-order valence-corrected chi connectivity index (χ2v) is 9.39. The third-order valence-corrected chi connectivity index (χ3v) is 6.73. The third-order valence-electron chi connectivity index (χ3n) is 5.81. The Balaban J connectivity index is 1.66. The predicted octanol–water partition coefficient (Wildman–Crippen LogP) is 4.80. The molecule has 6 nitrogen and oxygen atoms in total. The molecule has 0 saturated carbocycles. The van der Waals surface area contributed by atoms with Crippen molar-refractivity contribution >= 4 is 17.7 Å². The van der Waals surface area contributed by atoms with E-state index in [-0.39, 0.29) is 5.91 Å². The predicted molar refractivity (Wildman–Crippen MR) is 124 cm³/mol. The summed E-state index contributed by atoms with van der Waals surface area (Å²) in [4.78, 5) is 19.1. The summed E-state index contributed by atoms with van der Waals surface area (Å²) >= 11 is 1.46. The number of amides is 1. The van der Waals surface area contributed by atoms with Crippen molar-refractivity contribution in [3.8, 4) is 17.1 Å². The van der Waals surface area contributed by atoms with Gasteiger partial charge in [-0.2, -0.15) is 0 Å². The first kappa shape index (κ1) is 21.6. The fraction of sp³-hybridized carbons (Fsp3) is 0.417. The van der Waals surface area contributed by atoms with E-state index in [1.54, 1.807) is 12.4 Å². The number of pyridine rings is 1. The summed E-state index contributed by atoms with van der Waals surface area (Å²) in [5.41, 5.74) is 3.16. The molecular formula is C24H29N5OS. The fourth-order valence-electron chi connectivity index (χ4n) is 3.92. The van der Waals surface area contributed by atoms with E-state index in [4.69, 9.17) is 0 Å². The van der Waals surface area contributed by atoms with Gasteiger partial charge in [0.2, 0.25) is 5.91 Å². The Morgan fingerprint density at radius 2 is 1.90 bits per heavy atom. The van der Waals surface area contributed by atoms with Gasteiger partial charge in [-0.15, -0.1) is 10.2 Å². The van der Waals surface area contributed by atoms with Crippen LogP contribution in [0.2, 0.25) is 0 Å². The van der Waals surface area contributed by atoms with Gasteiger partial charge in [0, 0.05) is 31.0 Å². The molecule has 1 amide bonds. The number of likely N-dealkylation sites (tertiary alicyclic amines) is 1. The van der Waals surface area contributed by atoms with E-state index < -0.39 is 0 Å². The Hall–Kier alpha value is -2.67. The van der Waals surface area contributed by atoms with Crippen LogP contribution in [0.25, 0.3) is 17.1 Å². The van der Waals surface area contributed by atoms with E-state index in [0.717, 1.165) is 48.2 Å². The van der Waals surface area contributed by atoms with Crippen molar-refractivity contribution in [2.45, 2.75) is 44.7 Å². The summed E-state index contributed by atoms with van der Waals surface area (Å²) < 4.78 is 2.07. The fourth-order valence-corrected chi connectivity index (χ4v) is 4.77. The van der Waals surface area contributed by atoms with Crippen molar-refractivity contribution in [2.24, 2.45) is 5.92 Å². The van der Waals surface area contributed by atoms with Gasteiger partial charge in [0.15, 0.2) is 11.0 Å². The summed E-state index contributed by atoms with van der Waals surface area (Å²) in [5, 5.41) is 9.69. The number of nitrogens with zero attached hydrogens (tertiary/aromatic N) is 5. The van der Waals surface area contributed by atoms with Crippen molar-refractivity contribution in [1.82, 2.24) is 24.6 Å². The van der Waals surface area contributed by atoms with Crippen LogP contribution in [-0.4, -0.2) is 49.4 Å². The number of hydrogen-bond acceptors (Lipinski definition) is 5. The molecule has 0 spiro atoms. The van der Waals surface area contributed by atoms with Gasteiger partial charge in [0.25, 0.3) is 0 Å². The molecule has 0 radical (unpaired) electrons. The van der Waals surface area contributed by atoms with Gasteiger partial charge in [-0.05, 0) is 48.4 Å². The number of benzene rings is 1. The van der Waals surface area contributed by atoms with E-state index in [9.17, 15) is 4.79 Å². The van der Waals surface area contributed by atoms with E-state index >= 15 is 0 Å². The molecular weight excluding hydrogens is 406 g/mol. The highest BCUT2D eigenvalue weighted by Crippen LogP contribution is 2.32. The molecule has 1 fully saturated rings. The zero-order valence-electron chi connectivity index (χ0n) is 18.4. The molecule has 4 rings (SSSR count). The second-order valence-electron chi connectivity index (χ2n) is 8.45. The van der Waals surface area contributed by atoms with Crippen molar-refractivity contribution in [1.29, 1.82) is 0 Å². The summed E-state index contributed by atoms with van der Waals surface area (Å²) in [6.45, 7) is 8.32. The van der Waals surface area contributed by atoms with Gasteiger partial charge < -0.3 is 4.90 Å². The molecule has 1 aliphatic rings. The second kappa shape index (κ2) is 9.64. The van der Waals surface area contributed by atoms with Crippen LogP contribution in [0.4, 0.5) is 0 Å². The molecule has 2 aromatic heterocycles. The van der Waals surface area contributed by atoms with Crippen molar-refractivity contribution < 1.29 is 4.79 Å². The number of para-hydroxylation sites is 1. The molecule has 31 heavy (non-hydrogen) atoms. The molecule has 3 aromatic rings. The van der Waals surface area contributed by atoms with Crippen molar-refractivity contribution in [2.75, 3.05) is 18.8 Å². The first-order valence-corrected chi connectivity index (χ1v) is 11.9. The summed E-state index contributed by atoms with van der Waals surface area (Å²) in [6, 6.07) is 12.2. The SMILES string of the molecule is CC1CCN(C(=O)CSc2nnc(-c3cccnc3)n2-c2ccccc2C(C)C)CC1. The number of piperidine rings is 1. The maximum atomic E-state index is 12.8. The maximum absolute atomic E-state index is 12.8. The molecule has 1 aliphatic heterocycles. The highest BCUT2D eigenvalue weighted by Gasteiger charge is 2.23. The highest BCUT2D eigenvalue weighted by atomic mass is 32.2. The summed E-state index contributed by atoms with van der Waals surface area (Å²) in [7, 11) is 0. The number of thioether (sulfide) groups is 1. The lowest BCUT2D eigenvalue weighted by Crippen LogP contribution is -2.38. The van der Waals surface area contributed by atoms with Crippen LogP contribution in [0, 0.1) is 5.92 Å². The Morgan fingerprint density at radius 3 is 2.61 bits per heavy atom. The Morgan fingerprint density at radius 1 is 1.13 bits per heavy atom. The van der Waals surface area contributed by atoms with Gasteiger partial charge in [-0.25, -0.2) is 0 Å². The van der Waals surface area contributed by atoms with Crippen LogP contribution >= 0.6 is 11.8 Å². The minimum absolute atomic E-state index is 0.173. The third kappa shape index (κ3) is 4.82. The molecule has 0 atom stereocenters. The maximum Gasteiger partial charge on any atom is 0.233 e. The van der Waals surface area contributed by atoms with E-state index in [0.29, 0.717) is 17.6 Å². The molecule has 0 N–H and O–H groups in total. The lowest BCUT2D eigenvalue weighted by molar-refractivity contribution is -0.129. The van der Waals surface area contributed by atoms with Crippen LogP contribution < -0.4 is 0 Å². The first-order chi connectivity index (χ1) is 15.0. The first-order valence-electron chi connectivity index (χ1n) is 10.9. The number of carbonyl (C=O) groups is 1. The van der Waals surface area contributed by atoms with Crippen LogP contribution in [0.15, 0.2) is 53.9 Å². The minimum Gasteiger partial charge on any atom is -0.342 e. The van der Waals surface area contributed by atoms with Crippen molar-refractivity contribution in [3.63, 3.8) is 0 Å². The lowest BCUT2D eigenvalue weighted by Gasteiger charge is -2.30. The number of carbonyl (C=O) groups excluding carboxylic acids is 1. The molecule has 0 bridgehead atoms. The molecule has 0 aliphatic carbocycles. The van der Waals surface area contributed by atoms with Crippen LogP contribution in [0.5, 0.6) is 0 Å². The summed E-state index contributed by atoms with van der Waals surface area (Å²) in [6.07, 6.45) is 5.71. The smallest absolute Gasteiger partial charge is 0.233 e. The minimum atomic E-state index is 0.173.